The average molecular weight is 575 g/mol. The lowest BCUT2D eigenvalue weighted by molar-refractivity contribution is -0.111. The summed E-state index contributed by atoms with van der Waals surface area (Å²) in [4.78, 5) is 33.1. The largest absolute Gasteiger partial charge is 0.493 e. The number of rotatable bonds is 5. The number of benzene rings is 2. The third kappa shape index (κ3) is 6.97. The number of fused-ring (bicyclic) bond motifs is 4. The molecule has 3 N–H and O–H groups in total. The van der Waals surface area contributed by atoms with Gasteiger partial charge < -0.3 is 19.8 Å². The van der Waals surface area contributed by atoms with Crippen LogP contribution in [0.4, 0.5) is 16.2 Å². The second kappa shape index (κ2) is 12.9. The zero-order valence-corrected chi connectivity index (χ0v) is 22.9. The Bertz CT molecular complexity index is 1600. The van der Waals surface area contributed by atoms with E-state index in [9.17, 15) is 9.59 Å². The summed E-state index contributed by atoms with van der Waals surface area (Å²) in [6, 6.07) is 8.49. The number of carbonyl (C=O) groups is 2. The highest BCUT2D eigenvalue weighted by molar-refractivity contribution is 6.30. The van der Waals surface area contributed by atoms with Crippen molar-refractivity contribution in [3.8, 4) is 22.7 Å². The molecule has 0 fully saturated rings. The number of imidazole rings is 1. The second-order valence-corrected chi connectivity index (χ2v) is 9.47. The van der Waals surface area contributed by atoms with E-state index >= 15 is 0 Å². The van der Waals surface area contributed by atoms with Crippen molar-refractivity contribution in [3.05, 3.63) is 77.5 Å². The van der Waals surface area contributed by atoms with Crippen LogP contribution in [0.2, 0.25) is 5.02 Å². The van der Waals surface area contributed by atoms with Gasteiger partial charge in [-0.1, -0.05) is 23.8 Å². The predicted molar refractivity (Wildman–Crippen MR) is 154 cm³/mol. The molecule has 3 heterocycles. The molecule has 0 spiro atoms. The molecule has 210 valence electrons. The van der Waals surface area contributed by atoms with Crippen LogP contribution in [0.1, 0.15) is 30.7 Å². The maximum Gasteiger partial charge on any atom is 0.411 e. The number of hydrogen-bond acceptors (Lipinski definition) is 8. The first kappa shape index (κ1) is 27.6. The van der Waals surface area contributed by atoms with E-state index in [1.807, 2.05) is 0 Å². The van der Waals surface area contributed by atoms with E-state index in [1.165, 1.54) is 24.2 Å². The van der Waals surface area contributed by atoms with Crippen LogP contribution >= 0.6 is 11.6 Å². The highest BCUT2D eigenvalue weighted by atomic mass is 35.5. The number of H-pyrrole nitrogens is 1. The van der Waals surface area contributed by atoms with Crippen LogP contribution in [0, 0.1) is 0 Å². The molecule has 0 atom stereocenters. The van der Waals surface area contributed by atoms with Crippen molar-refractivity contribution in [2.45, 2.75) is 25.7 Å². The quantitative estimate of drug-likeness (QED) is 0.217. The Hall–Kier alpha value is -4.97. The number of aryl methyl sites for hydroxylation is 1. The number of aromatic amines is 1. The minimum atomic E-state index is -0.656. The fraction of sp³-hybridized carbons (Fsp3) is 0.214. The van der Waals surface area contributed by atoms with Crippen molar-refractivity contribution in [1.29, 1.82) is 0 Å². The molecule has 2 bridgehead atoms. The van der Waals surface area contributed by atoms with Crippen molar-refractivity contribution in [2.75, 3.05) is 24.4 Å². The van der Waals surface area contributed by atoms with Crippen LogP contribution in [0.15, 0.2) is 61.1 Å². The molecule has 0 aliphatic carbocycles. The molecule has 0 unspecified atom stereocenters. The van der Waals surface area contributed by atoms with E-state index in [0.29, 0.717) is 51.3 Å². The Morgan fingerprint density at radius 2 is 2.05 bits per heavy atom. The summed E-state index contributed by atoms with van der Waals surface area (Å²) in [6.07, 6.45) is 13.0. The van der Waals surface area contributed by atoms with Crippen molar-refractivity contribution in [3.63, 3.8) is 0 Å². The summed E-state index contributed by atoms with van der Waals surface area (Å²) >= 11 is 6.21. The van der Waals surface area contributed by atoms with E-state index in [0.717, 1.165) is 31.5 Å². The summed E-state index contributed by atoms with van der Waals surface area (Å²) in [6.45, 7) is 0.433. The van der Waals surface area contributed by atoms with Gasteiger partial charge in [-0.25, -0.2) is 9.78 Å². The topological polar surface area (TPSA) is 149 Å². The fourth-order valence-corrected chi connectivity index (χ4v) is 4.46. The number of anilines is 2. The summed E-state index contributed by atoms with van der Waals surface area (Å²) < 4.78 is 12.4. The summed E-state index contributed by atoms with van der Waals surface area (Å²) in [5, 5.41) is 17.3. The minimum Gasteiger partial charge on any atom is -0.493 e. The molecule has 13 heteroatoms. The smallest absolute Gasteiger partial charge is 0.411 e. The molecule has 0 saturated carbocycles. The average Bonchev–Trinajstić information content (AvgIpc) is 3.66. The van der Waals surface area contributed by atoms with Crippen molar-refractivity contribution in [1.82, 2.24) is 30.2 Å². The maximum atomic E-state index is 13.3. The molecule has 2 aromatic heterocycles. The van der Waals surface area contributed by atoms with Crippen LogP contribution in [0.5, 0.6) is 5.75 Å². The van der Waals surface area contributed by atoms with Gasteiger partial charge in [0.25, 0.3) is 0 Å². The van der Waals surface area contributed by atoms with Gasteiger partial charge in [-0.05, 0) is 60.0 Å². The number of nitrogens with zero attached hydrogens (tertiary/aromatic N) is 5. The number of methoxy groups -OCH3 is 1. The van der Waals surface area contributed by atoms with Gasteiger partial charge >= 0.3 is 6.09 Å². The lowest BCUT2D eigenvalue weighted by Crippen LogP contribution is -2.14. The third-order valence-corrected chi connectivity index (χ3v) is 6.41. The predicted octanol–water partition coefficient (Wildman–Crippen LogP) is 5.20. The van der Waals surface area contributed by atoms with Gasteiger partial charge in [0, 0.05) is 34.8 Å². The van der Waals surface area contributed by atoms with Crippen molar-refractivity contribution in [2.24, 2.45) is 0 Å². The van der Waals surface area contributed by atoms with E-state index < -0.39 is 12.0 Å². The first-order valence-electron chi connectivity index (χ1n) is 12.9. The lowest BCUT2D eigenvalue weighted by Gasteiger charge is -2.17. The van der Waals surface area contributed by atoms with Crippen molar-refractivity contribution >= 4 is 41.1 Å². The first-order chi connectivity index (χ1) is 20.0. The molecule has 5 rings (SSSR count). The number of hydrogen-bond donors (Lipinski definition) is 3. The number of aromatic nitrogens is 6. The zero-order chi connectivity index (χ0) is 28.6. The molecule has 12 nitrogen and oxygen atoms in total. The van der Waals surface area contributed by atoms with Crippen LogP contribution in [-0.4, -0.2) is 55.9 Å². The van der Waals surface area contributed by atoms with Crippen molar-refractivity contribution < 1.29 is 19.1 Å². The second-order valence-electron chi connectivity index (χ2n) is 9.04. The number of amides is 2. The van der Waals surface area contributed by atoms with E-state index in [4.69, 9.17) is 21.1 Å². The van der Waals surface area contributed by atoms with Crippen LogP contribution in [-0.2, 0) is 16.0 Å². The molecular weight excluding hydrogens is 548 g/mol. The molecular formula is C28H27ClN8O4. The van der Waals surface area contributed by atoms with Crippen LogP contribution in [0.25, 0.3) is 23.0 Å². The normalized spacial score (nSPS) is 13.3. The fourth-order valence-electron chi connectivity index (χ4n) is 4.28. The highest BCUT2D eigenvalue weighted by Gasteiger charge is 2.19. The lowest BCUT2D eigenvalue weighted by atomic mass is 10.1. The third-order valence-electron chi connectivity index (χ3n) is 6.18. The molecule has 1 aliphatic rings. The Morgan fingerprint density at radius 3 is 2.88 bits per heavy atom. The molecule has 41 heavy (non-hydrogen) atoms. The van der Waals surface area contributed by atoms with Gasteiger partial charge in [-0.3, -0.25) is 10.1 Å². The van der Waals surface area contributed by atoms with Gasteiger partial charge in [-0.15, -0.1) is 5.10 Å². The van der Waals surface area contributed by atoms with Gasteiger partial charge in [0.2, 0.25) is 5.91 Å². The molecule has 0 saturated heterocycles. The number of ether oxygens (including phenoxy) is 2. The van der Waals surface area contributed by atoms with E-state index in [1.54, 1.807) is 42.6 Å². The molecule has 2 aromatic carbocycles. The first-order valence-corrected chi connectivity index (χ1v) is 13.2. The molecule has 0 radical (unpaired) electrons. The van der Waals surface area contributed by atoms with Gasteiger partial charge in [0.05, 0.1) is 42.5 Å². The van der Waals surface area contributed by atoms with Gasteiger partial charge in [0.15, 0.2) is 0 Å². The monoisotopic (exact) mass is 574 g/mol. The number of tetrazole rings is 1. The Labute approximate surface area is 240 Å². The Morgan fingerprint density at radius 1 is 1.17 bits per heavy atom. The summed E-state index contributed by atoms with van der Waals surface area (Å²) in [5.41, 5.74) is 3.32. The van der Waals surface area contributed by atoms with Gasteiger partial charge in [-0.2, -0.15) is 4.68 Å². The Balaban J connectivity index is 1.51. The van der Waals surface area contributed by atoms with Crippen LogP contribution in [0.3, 0.4) is 0 Å². The minimum absolute atomic E-state index is 0.384. The van der Waals surface area contributed by atoms with Gasteiger partial charge in [0.1, 0.15) is 17.9 Å². The molecule has 4 aromatic rings. The standard InChI is InChI=1S/C28H27ClN8O4/c1-40-28(39)32-20-14-21(27-22-16-30-25(33-22)7-5-3-2-4-6-12-41-24(27)15-20)34-26(38)11-8-18-13-19(29)9-10-23(18)37-17-31-35-36-37/h2-3,8-11,13-17H,4-7,12H2,1H3,(H,30,33)(H,32,39)(H,34,38). The van der Waals surface area contributed by atoms with Crippen LogP contribution < -0.4 is 15.4 Å². The van der Waals surface area contributed by atoms with E-state index in [2.05, 4.69) is 48.3 Å². The highest BCUT2D eigenvalue weighted by Crippen LogP contribution is 2.39. The zero-order valence-electron chi connectivity index (χ0n) is 22.1. The Kier molecular flexibility index (Phi) is 8.70. The molecule has 2 amide bonds. The summed E-state index contributed by atoms with van der Waals surface area (Å²) in [5.74, 6) is 0.837. The number of nitrogens with one attached hydrogen (secondary N) is 3. The number of carbonyl (C=O) groups excluding carboxylic acids is 2. The number of allylic oxidation sites excluding steroid dienone is 2. The van der Waals surface area contributed by atoms with E-state index in [-0.39, 0.29) is 0 Å². The molecule has 1 aliphatic heterocycles. The maximum absolute atomic E-state index is 13.3. The number of halogens is 1. The summed E-state index contributed by atoms with van der Waals surface area (Å²) in [7, 11) is 1.27. The SMILES string of the molecule is COC(=O)Nc1cc(NC(=O)C=Cc2cc(Cl)ccc2-n2cnnn2)c2c(c1)OCCCC=CCCc1ncc-2[nH]1.